The van der Waals surface area contributed by atoms with Crippen molar-refractivity contribution in [3.63, 3.8) is 0 Å². The van der Waals surface area contributed by atoms with E-state index in [0.717, 1.165) is 11.1 Å². The average Bonchev–Trinajstić information content (AvgIpc) is 2.85. The number of amides is 1. The zero-order chi connectivity index (χ0) is 24.1. The van der Waals surface area contributed by atoms with Gasteiger partial charge in [-0.2, -0.15) is 4.31 Å². The van der Waals surface area contributed by atoms with Crippen molar-refractivity contribution in [1.82, 2.24) is 14.5 Å². The standard InChI is InChI=1S/C26H28FN3O3S/c1-20(22-11-13-24(27)14-12-22)28-26(31)23-9-7-21(8-10-23)19-29-15-17-30(18-16-29)34(32,33)25-5-3-2-4-6-25/h2-14,20H,15-19H2,1H3,(H,28,31)/t20-/m1/s1. The number of nitrogens with zero attached hydrogens (tertiary/aromatic N) is 2. The van der Waals surface area contributed by atoms with Crippen LogP contribution in [0.3, 0.4) is 0 Å². The Kier molecular flexibility index (Phi) is 7.41. The normalized spacial score (nSPS) is 16.2. The van der Waals surface area contributed by atoms with Crippen molar-refractivity contribution in [2.45, 2.75) is 24.4 Å². The van der Waals surface area contributed by atoms with Crippen molar-refractivity contribution in [2.24, 2.45) is 0 Å². The molecule has 1 fully saturated rings. The Hall–Kier alpha value is -3.07. The van der Waals surface area contributed by atoms with Gasteiger partial charge in [-0.3, -0.25) is 9.69 Å². The fourth-order valence-corrected chi connectivity index (χ4v) is 5.45. The number of hydrogen-bond donors (Lipinski definition) is 1. The Balaban J connectivity index is 1.29. The molecule has 3 aromatic carbocycles. The van der Waals surface area contributed by atoms with E-state index in [9.17, 15) is 17.6 Å². The predicted octanol–water partition coefficient (Wildman–Crippen LogP) is 3.82. The van der Waals surface area contributed by atoms with Crippen molar-refractivity contribution in [2.75, 3.05) is 26.2 Å². The lowest BCUT2D eigenvalue weighted by Crippen LogP contribution is -2.48. The molecule has 1 heterocycles. The van der Waals surface area contributed by atoms with Crippen LogP contribution in [0.1, 0.15) is 34.5 Å². The molecule has 1 aliphatic rings. The zero-order valence-electron chi connectivity index (χ0n) is 19.0. The molecule has 34 heavy (non-hydrogen) atoms. The molecule has 0 spiro atoms. The Morgan fingerprint density at radius 2 is 1.53 bits per heavy atom. The third kappa shape index (κ3) is 5.70. The zero-order valence-corrected chi connectivity index (χ0v) is 19.8. The van der Waals surface area contributed by atoms with Crippen molar-refractivity contribution in [3.8, 4) is 0 Å². The number of hydrogen-bond acceptors (Lipinski definition) is 4. The number of sulfonamides is 1. The molecule has 1 N–H and O–H groups in total. The fraction of sp³-hybridized carbons (Fsp3) is 0.269. The third-order valence-corrected chi connectivity index (χ3v) is 7.97. The molecule has 1 saturated heterocycles. The van der Waals surface area contributed by atoms with Crippen LogP contribution in [-0.4, -0.2) is 49.7 Å². The Morgan fingerprint density at radius 3 is 2.15 bits per heavy atom. The van der Waals surface area contributed by atoms with Crippen molar-refractivity contribution in [3.05, 3.63) is 101 Å². The van der Waals surface area contributed by atoms with E-state index < -0.39 is 10.0 Å². The summed E-state index contributed by atoms with van der Waals surface area (Å²) in [4.78, 5) is 15.1. The van der Waals surface area contributed by atoms with Crippen LogP contribution in [0.4, 0.5) is 4.39 Å². The summed E-state index contributed by atoms with van der Waals surface area (Å²) in [5.41, 5.74) is 2.44. The van der Waals surface area contributed by atoms with Crippen LogP contribution in [0.2, 0.25) is 0 Å². The van der Waals surface area contributed by atoms with Crippen LogP contribution in [0, 0.1) is 5.82 Å². The van der Waals surface area contributed by atoms with Gasteiger partial charge in [-0.05, 0) is 54.4 Å². The molecule has 4 rings (SSSR count). The van der Waals surface area contributed by atoms with Crippen LogP contribution < -0.4 is 5.32 Å². The van der Waals surface area contributed by atoms with E-state index in [4.69, 9.17) is 0 Å². The first-order valence-electron chi connectivity index (χ1n) is 11.3. The fourth-order valence-electron chi connectivity index (χ4n) is 4.00. The van der Waals surface area contributed by atoms with E-state index in [1.165, 1.54) is 16.4 Å². The molecule has 3 aromatic rings. The Bertz CT molecular complexity index is 1210. The number of carbonyl (C=O) groups excluding carboxylic acids is 1. The minimum absolute atomic E-state index is 0.192. The highest BCUT2D eigenvalue weighted by Crippen LogP contribution is 2.19. The first-order chi connectivity index (χ1) is 16.3. The lowest BCUT2D eigenvalue weighted by atomic mass is 10.1. The SMILES string of the molecule is C[C@@H](NC(=O)c1ccc(CN2CCN(S(=O)(=O)c3ccccc3)CC2)cc1)c1ccc(F)cc1. The molecule has 0 unspecified atom stereocenters. The molecule has 0 aromatic heterocycles. The molecule has 0 aliphatic carbocycles. The molecule has 0 bridgehead atoms. The maximum absolute atomic E-state index is 13.1. The van der Waals surface area contributed by atoms with Crippen LogP contribution in [0.5, 0.6) is 0 Å². The highest BCUT2D eigenvalue weighted by atomic mass is 32.2. The quantitative estimate of drug-likeness (QED) is 0.557. The number of benzene rings is 3. The Morgan fingerprint density at radius 1 is 0.912 bits per heavy atom. The summed E-state index contributed by atoms with van der Waals surface area (Å²) in [6.45, 7) is 4.72. The topological polar surface area (TPSA) is 69.7 Å². The lowest BCUT2D eigenvalue weighted by Gasteiger charge is -2.34. The van der Waals surface area contributed by atoms with Gasteiger partial charge in [0, 0.05) is 38.3 Å². The summed E-state index contributed by atoms with van der Waals surface area (Å²) >= 11 is 0. The highest BCUT2D eigenvalue weighted by molar-refractivity contribution is 7.89. The van der Waals surface area contributed by atoms with Crippen LogP contribution in [-0.2, 0) is 16.6 Å². The van der Waals surface area contributed by atoms with Gasteiger partial charge in [0.15, 0.2) is 0 Å². The highest BCUT2D eigenvalue weighted by Gasteiger charge is 2.28. The van der Waals surface area contributed by atoms with Gasteiger partial charge in [-0.15, -0.1) is 0 Å². The molecule has 0 radical (unpaired) electrons. The number of piperazine rings is 1. The van der Waals surface area contributed by atoms with Crippen LogP contribution in [0.25, 0.3) is 0 Å². The summed E-state index contributed by atoms with van der Waals surface area (Å²) in [7, 11) is -3.46. The van der Waals surface area contributed by atoms with Crippen LogP contribution >= 0.6 is 0 Å². The summed E-state index contributed by atoms with van der Waals surface area (Å²) in [6.07, 6.45) is 0. The second-order valence-corrected chi connectivity index (χ2v) is 10.4. The summed E-state index contributed by atoms with van der Waals surface area (Å²) in [5, 5.41) is 2.93. The van der Waals surface area contributed by atoms with E-state index in [1.54, 1.807) is 54.6 Å². The maximum atomic E-state index is 13.1. The average molecular weight is 482 g/mol. The molecule has 1 atom stereocenters. The second-order valence-electron chi connectivity index (χ2n) is 8.44. The molecule has 178 valence electrons. The molecular weight excluding hydrogens is 453 g/mol. The Labute approximate surface area is 200 Å². The second kappa shape index (κ2) is 10.5. The molecule has 1 aliphatic heterocycles. The van der Waals surface area contributed by atoms with E-state index >= 15 is 0 Å². The summed E-state index contributed by atoms with van der Waals surface area (Å²) in [6, 6.07) is 21.8. The van der Waals surface area contributed by atoms with Crippen molar-refractivity contribution in [1.29, 1.82) is 0 Å². The van der Waals surface area contributed by atoms with Gasteiger partial charge in [0.25, 0.3) is 5.91 Å². The van der Waals surface area contributed by atoms with E-state index in [-0.39, 0.29) is 17.8 Å². The minimum Gasteiger partial charge on any atom is -0.346 e. The molecule has 0 saturated carbocycles. The van der Waals surface area contributed by atoms with Gasteiger partial charge in [0.2, 0.25) is 10.0 Å². The van der Waals surface area contributed by atoms with E-state index in [1.807, 2.05) is 19.1 Å². The number of carbonyl (C=O) groups is 1. The van der Waals surface area contributed by atoms with E-state index in [2.05, 4.69) is 10.2 Å². The predicted molar refractivity (Wildman–Crippen MR) is 129 cm³/mol. The monoisotopic (exact) mass is 481 g/mol. The number of rotatable bonds is 7. The van der Waals surface area contributed by atoms with Gasteiger partial charge in [-0.25, -0.2) is 12.8 Å². The smallest absolute Gasteiger partial charge is 0.251 e. The largest absolute Gasteiger partial charge is 0.346 e. The van der Waals surface area contributed by atoms with E-state index in [0.29, 0.717) is 43.2 Å². The lowest BCUT2D eigenvalue weighted by molar-refractivity contribution is 0.0940. The van der Waals surface area contributed by atoms with Crippen molar-refractivity contribution < 1.29 is 17.6 Å². The first-order valence-corrected chi connectivity index (χ1v) is 12.7. The van der Waals surface area contributed by atoms with Gasteiger partial charge in [0.05, 0.1) is 10.9 Å². The van der Waals surface area contributed by atoms with Crippen LogP contribution in [0.15, 0.2) is 83.8 Å². The maximum Gasteiger partial charge on any atom is 0.251 e. The van der Waals surface area contributed by atoms with Crippen molar-refractivity contribution >= 4 is 15.9 Å². The molecule has 6 nitrogen and oxygen atoms in total. The van der Waals surface area contributed by atoms with Gasteiger partial charge >= 0.3 is 0 Å². The van der Waals surface area contributed by atoms with Gasteiger partial charge in [-0.1, -0.05) is 42.5 Å². The molecular formula is C26H28FN3O3S. The van der Waals surface area contributed by atoms with Gasteiger partial charge < -0.3 is 5.32 Å². The number of halogens is 1. The molecule has 1 amide bonds. The summed E-state index contributed by atoms with van der Waals surface area (Å²) in [5.74, 6) is -0.500. The summed E-state index contributed by atoms with van der Waals surface area (Å²) < 4.78 is 40.2. The number of nitrogens with one attached hydrogen (secondary N) is 1. The van der Waals surface area contributed by atoms with Gasteiger partial charge in [0.1, 0.15) is 5.82 Å². The minimum atomic E-state index is -3.46. The molecule has 8 heteroatoms. The third-order valence-electron chi connectivity index (χ3n) is 6.05. The first kappa shape index (κ1) is 24.1.